The van der Waals surface area contributed by atoms with Crippen LogP contribution in [0.1, 0.15) is 52.5 Å². The van der Waals surface area contributed by atoms with E-state index in [2.05, 4.69) is 15.0 Å². The van der Waals surface area contributed by atoms with Crippen LogP contribution >= 0.6 is 23.2 Å². The number of amidine groups is 1. The third-order valence-electron chi connectivity index (χ3n) is 9.29. The standard InChI is InChI=1S/C37H38Cl2N6O7S/c1-22-19-23(2)41-34-27(22)9-5-11-31(34)51-21-28-29(38)12-13-32(33(28)39)53(49,50)45-14-6-10-30(45)37(48)44-17-15-43(16-18-44)36(47)26-8-4-7-25(20-26)35(40)42-52-24(3)46/h4-5,7-9,11-13,19-20,30H,6,10,14-18,21H2,1-3H3,(H2,40,42)/t30-/m0/s1. The number of hydrogen-bond acceptors (Lipinski definition) is 9. The molecule has 0 radical (unpaired) electrons. The lowest BCUT2D eigenvalue weighted by atomic mass is 10.1. The molecule has 2 aliphatic heterocycles. The quantitative estimate of drug-likeness (QED) is 0.106. The summed E-state index contributed by atoms with van der Waals surface area (Å²) in [4.78, 5) is 50.5. The van der Waals surface area contributed by atoms with Gasteiger partial charge in [0.2, 0.25) is 15.9 Å². The van der Waals surface area contributed by atoms with Gasteiger partial charge >= 0.3 is 5.97 Å². The van der Waals surface area contributed by atoms with Crippen molar-refractivity contribution in [3.8, 4) is 5.75 Å². The number of sulfonamides is 1. The molecule has 3 aromatic carbocycles. The van der Waals surface area contributed by atoms with Crippen LogP contribution in [0.3, 0.4) is 0 Å². The van der Waals surface area contributed by atoms with E-state index in [0.717, 1.165) is 16.6 Å². The molecular formula is C37H38Cl2N6O7S. The molecule has 53 heavy (non-hydrogen) atoms. The van der Waals surface area contributed by atoms with Gasteiger partial charge in [0, 0.05) is 72.4 Å². The Morgan fingerprint density at radius 2 is 1.64 bits per heavy atom. The minimum Gasteiger partial charge on any atom is -0.487 e. The Morgan fingerprint density at radius 3 is 2.38 bits per heavy atom. The van der Waals surface area contributed by atoms with Gasteiger partial charge < -0.3 is 25.1 Å². The molecule has 2 fully saturated rings. The highest BCUT2D eigenvalue weighted by Gasteiger charge is 2.43. The second-order valence-electron chi connectivity index (χ2n) is 12.9. The lowest BCUT2D eigenvalue weighted by molar-refractivity contribution is -0.141. The molecule has 16 heteroatoms. The zero-order valence-corrected chi connectivity index (χ0v) is 31.7. The predicted octanol–water partition coefficient (Wildman–Crippen LogP) is 5.06. The van der Waals surface area contributed by atoms with E-state index in [1.165, 1.54) is 23.4 Å². The highest BCUT2D eigenvalue weighted by molar-refractivity contribution is 7.89. The van der Waals surface area contributed by atoms with Gasteiger partial charge in [0.25, 0.3) is 5.91 Å². The van der Waals surface area contributed by atoms with Crippen molar-refractivity contribution in [2.75, 3.05) is 32.7 Å². The summed E-state index contributed by atoms with van der Waals surface area (Å²) in [6, 6.07) is 15.9. The number of nitrogens with two attached hydrogens (primary N) is 1. The van der Waals surface area contributed by atoms with Crippen molar-refractivity contribution in [3.63, 3.8) is 0 Å². The Labute approximate surface area is 317 Å². The van der Waals surface area contributed by atoms with Crippen molar-refractivity contribution >= 4 is 67.7 Å². The number of amides is 2. The molecule has 6 rings (SSSR count). The number of piperazine rings is 1. The van der Waals surface area contributed by atoms with Crippen molar-refractivity contribution in [2.24, 2.45) is 10.9 Å². The van der Waals surface area contributed by atoms with Crippen molar-refractivity contribution in [1.82, 2.24) is 19.1 Å². The van der Waals surface area contributed by atoms with E-state index in [1.807, 2.05) is 32.0 Å². The van der Waals surface area contributed by atoms with Gasteiger partial charge in [0.1, 0.15) is 28.8 Å². The maximum absolute atomic E-state index is 14.2. The molecule has 0 unspecified atom stereocenters. The lowest BCUT2D eigenvalue weighted by Crippen LogP contribution is -2.55. The number of halogens is 2. The van der Waals surface area contributed by atoms with Gasteiger partial charge in [-0.2, -0.15) is 4.31 Å². The fourth-order valence-corrected chi connectivity index (χ4v) is 9.15. The van der Waals surface area contributed by atoms with Crippen molar-refractivity contribution < 1.29 is 32.4 Å². The second kappa shape index (κ2) is 15.7. The number of carbonyl (C=O) groups excluding carboxylic acids is 3. The van der Waals surface area contributed by atoms with Gasteiger partial charge in [-0.1, -0.05) is 52.6 Å². The van der Waals surface area contributed by atoms with E-state index < -0.39 is 22.0 Å². The van der Waals surface area contributed by atoms with E-state index >= 15 is 0 Å². The topological polar surface area (TPSA) is 165 Å². The van der Waals surface area contributed by atoms with Crippen LogP contribution < -0.4 is 10.5 Å². The molecule has 0 spiro atoms. The molecule has 0 bridgehead atoms. The molecule has 0 aliphatic carbocycles. The summed E-state index contributed by atoms with van der Waals surface area (Å²) >= 11 is 13.3. The monoisotopic (exact) mass is 780 g/mol. The summed E-state index contributed by atoms with van der Waals surface area (Å²) in [5.74, 6) is -0.795. The van der Waals surface area contributed by atoms with Crippen LogP contribution in [0.15, 0.2) is 70.7 Å². The fourth-order valence-electron chi connectivity index (χ4n) is 6.63. The Balaban J connectivity index is 1.14. The molecule has 0 saturated carbocycles. The molecular weight excluding hydrogens is 743 g/mol. The van der Waals surface area contributed by atoms with Crippen molar-refractivity contribution in [3.05, 3.63) is 98.7 Å². The maximum atomic E-state index is 14.2. The average Bonchev–Trinajstić information content (AvgIpc) is 3.65. The number of para-hydroxylation sites is 1. The van der Waals surface area contributed by atoms with Gasteiger partial charge in [-0.05, 0) is 68.7 Å². The second-order valence-corrected chi connectivity index (χ2v) is 15.5. The first kappa shape index (κ1) is 38.0. The SMILES string of the molecule is CC(=O)ON=C(N)c1cccc(C(=O)N2CCN(C(=O)[C@@H]3CCCN3S(=O)(=O)c3ccc(Cl)c(COc4cccc5c(C)cc(C)nc45)c3Cl)CC2)c1. The van der Waals surface area contributed by atoms with Crippen LogP contribution in [0.25, 0.3) is 10.9 Å². The van der Waals surface area contributed by atoms with Crippen molar-refractivity contribution in [1.29, 1.82) is 0 Å². The molecule has 1 atom stereocenters. The van der Waals surface area contributed by atoms with Crippen LogP contribution in [0, 0.1) is 13.8 Å². The van der Waals surface area contributed by atoms with E-state index in [-0.39, 0.29) is 71.9 Å². The highest BCUT2D eigenvalue weighted by Crippen LogP contribution is 2.37. The van der Waals surface area contributed by atoms with Crippen LogP contribution in [0.4, 0.5) is 0 Å². The highest BCUT2D eigenvalue weighted by atomic mass is 35.5. The molecule has 2 amide bonds. The average molecular weight is 782 g/mol. The van der Waals surface area contributed by atoms with Crippen LogP contribution in [-0.2, 0) is 31.1 Å². The number of rotatable bonds is 9. The summed E-state index contributed by atoms with van der Waals surface area (Å²) in [6.07, 6.45) is 0.830. The lowest BCUT2D eigenvalue weighted by Gasteiger charge is -2.37. The van der Waals surface area contributed by atoms with Crippen LogP contribution in [0.5, 0.6) is 5.75 Å². The number of nitrogens with zero attached hydrogens (tertiary/aromatic N) is 5. The van der Waals surface area contributed by atoms with E-state index in [9.17, 15) is 22.8 Å². The smallest absolute Gasteiger partial charge is 0.332 e. The molecule has 2 N–H and O–H groups in total. The van der Waals surface area contributed by atoms with Gasteiger partial charge in [-0.3, -0.25) is 9.59 Å². The number of fused-ring (bicyclic) bond motifs is 1. The Hall–Kier alpha value is -4.76. The fraction of sp³-hybridized carbons (Fsp3) is 0.324. The number of pyridine rings is 1. The number of carbonyl (C=O) groups is 3. The summed E-state index contributed by atoms with van der Waals surface area (Å²) in [5, 5.41) is 4.66. The third-order valence-corrected chi connectivity index (χ3v) is 12.1. The zero-order valence-electron chi connectivity index (χ0n) is 29.3. The summed E-state index contributed by atoms with van der Waals surface area (Å²) in [6.45, 7) is 6.03. The van der Waals surface area contributed by atoms with E-state index in [4.69, 9.17) is 33.7 Å². The molecule has 2 aliphatic rings. The predicted molar refractivity (Wildman–Crippen MR) is 200 cm³/mol. The third kappa shape index (κ3) is 7.96. The molecule has 278 valence electrons. The van der Waals surface area contributed by atoms with Gasteiger partial charge in [-0.15, -0.1) is 0 Å². The van der Waals surface area contributed by atoms with E-state index in [1.54, 1.807) is 40.1 Å². The number of ether oxygens (including phenoxy) is 1. The minimum absolute atomic E-state index is 0.0608. The van der Waals surface area contributed by atoms with Crippen LogP contribution in [0.2, 0.25) is 10.0 Å². The number of aromatic nitrogens is 1. The Morgan fingerprint density at radius 1 is 0.943 bits per heavy atom. The number of oxime groups is 1. The van der Waals surface area contributed by atoms with Crippen LogP contribution in [-0.4, -0.2) is 89.9 Å². The zero-order chi connectivity index (χ0) is 38.0. The van der Waals surface area contributed by atoms with Gasteiger partial charge in [-0.25, -0.2) is 18.2 Å². The summed E-state index contributed by atoms with van der Waals surface area (Å²) in [7, 11) is -4.24. The molecule has 1 aromatic heterocycles. The summed E-state index contributed by atoms with van der Waals surface area (Å²) in [5.41, 5.74) is 9.50. The normalized spacial score (nSPS) is 16.9. The first-order valence-electron chi connectivity index (χ1n) is 16.9. The molecule has 2 saturated heterocycles. The number of aryl methyl sites for hydroxylation is 2. The largest absolute Gasteiger partial charge is 0.487 e. The minimum atomic E-state index is -4.24. The molecule has 4 aromatic rings. The van der Waals surface area contributed by atoms with E-state index in [0.29, 0.717) is 40.8 Å². The first-order valence-corrected chi connectivity index (χ1v) is 19.1. The maximum Gasteiger partial charge on any atom is 0.332 e. The molecule has 13 nitrogen and oxygen atoms in total. The summed E-state index contributed by atoms with van der Waals surface area (Å²) < 4.78 is 35.7. The van der Waals surface area contributed by atoms with Gasteiger partial charge in [0.05, 0.1) is 5.02 Å². The Kier molecular flexibility index (Phi) is 11.2. The number of hydrogen-bond donors (Lipinski definition) is 1. The molecule has 3 heterocycles. The number of benzene rings is 3. The van der Waals surface area contributed by atoms with Crippen molar-refractivity contribution in [2.45, 2.75) is 51.2 Å². The first-order chi connectivity index (χ1) is 25.3. The van der Waals surface area contributed by atoms with Gasteiger partial charge in [0.15, 0.2) is 5.84 Å². The Bertz CT molecular complexity index is 2240.